The number of anilines is 1. The Kier molecular flexibility index (Phi) is 4.73. The molecule has 0 spiro atoms. The lowest BCUT2D eigenvalue weighted by molar-refractivity contribution is 0.0873. The largest absolute Gasteiger partial charge is 0.467 e. The second-order valence-corrected chi connectivity index (χ2v) is 7.39. The fourth-order valence-electron chi connectivity index (χ4n) is 2.41. The summed E-state index contributed by atoms with van der Waals surface area (Å²) in [7, 11) is 0. The van der Waals surface area contributed by atoms with E-state index < -0.39 is 5.54 Å². The van der Waals surface area contributed by atoms with Crippen LogP contribution in [-0.2, 0) is 6.54 Å². The van der Waals surface area contributed by atoms with E-state index in [1.54, 1.807) is 20.1 Å². The normalized spacial score (nSPS) is 11.7. The fourth-order valence-corrected chi connectivity index (χ4v) is 3.45. The van der Waals surface area contributed by atoms with Crippen molar-refractivity contribution in [1.82, 2.24) is 15.3 Å². The van der Waals surface area contributed by atoms with Gasteiger partial charge in [-0.3, -0.25) is 4.79 Å². The highest BCUT2D eigenvalue weighted by molar-refractivity contribution is 7.20. The second kappa shape index (κ2) is 6.81. The van der Waals surface area contributed by atoms with Crippen LogP contribution in [0.4, 0.5) is 5.82 Å². The van der Waals surface area contributed by atoms with Gasteiger partial charge < -0.3 is 20.2 Å². The van der Waals surface area contributed by atoms with Gasteiger partial charge in [0.05, 0.1) is 35.2 Å². The Hall–Kier alpha value is -2.45. The number of nitrogens with zero attached hydrogens (tertiary/aromatic N) is 2. The minimum Gasteiger partial charge on any atom is -0.467 e. The number of aryl methyl sites for hydroxylation is 1. The maximum Gasteiger partial charge on any atom is 0.262 e. The molecular formula is C17H20N4O3S. The predicted molar refractivity (Wildman–Crippen MR) is 96.8 cm³/mol. The number of nitrogens with one attached hydrogen (secondary N) is 2. The summed E-state index contributed by atoms with van der Waals surface area (Å²) in [5, 5.41) is 16.2. The Balaban J connectivity index is 1.91. The zero-order valence-corrected chi connectivity index (χ0v) is 15.1. The molecule has 0 bridgehead atoms. The van der Waals surface area contributed by atoms with Crippen LogP contribution in [0.2, 0.25) is 0 Å². The number of rotatable bonds is 6. The second-order valence-electron chi connectivity index (χ2n) is 6.39. The maximum atomic E-state index is 12.6. The first-order valence-corrected chi connectivity index (χ1v) is 8.66. The lowest BCUT2D eigenvalue weighted by Crippen LogP contribution is -2.46. The van der Waals surface area contributed by atoms with Gasteiger partial charge in [0.15, 0.2) is 0 Å². The van der Waals surface area contributed by atoms with Crippen molar-refractivity contribution < 1.29 is 14.3 Å². The summed E-state index contributed by atoms with van der Waals surface area (Å²) in [6, 6.07) is 3.70. The fraction of sp³-hybridized carbons (Fsp3) is 0.353. The number of carbonyl (C=O) groups excluding carboxylic acids is 1. The van der Waals surface area contributed by atoms with Gasteiger partial charge in [-0.2, -0.15) is 0 Å². The highest BCUT2D eigenvalue weighted by Crippen LogP contribution is 2.33. The first-order valence-electron chi connectivity index (χ1n) is 7.85. The molecule has 3 heterocycles. The van der Waals surface area contributed by atoms with E-state index in [9.17, 15) is 9.90 Å². The Bertz CT molecular complexity index is 887. The van der Waals surface area contributed by atoms with Crippen LogP contribution in [0.15, 0.2) is 29.1 Å². The number of aliphatic hydroxyl groups excluding tert-OH is 1. The van der Waals surface area contributed by atoms with Crippen molar-refractivity contribution in [3.05, 3.63) is 40.9 Å². The van der Waals surface area contributed by atoms with Crippen molar-refractivity contribution in [2.75, 3.05) is 11.9 Å². The van der Waals surface area contributed by atoms with Gasteiger partial charge in [0.2, 0.25) is 0 Å². The highest BCUT2D eigenvalue weighted by atomic mass is 32.1. The highest BCUT2D eigenvalue weighted by Gasteiger charge is 2.24. The molecule has 8 heteroatoms. The van der Waals surface area contributed by atoms with Crippen LogP contribution in [0, 0.1) is 6.92 Å². The quantitative estimate of drug-likeness (QED) is 0.625. The average Bonchev–Trinajstić information content (AvgIpc) is 3.21. The van der Waals surface area contributed by atoms with Crippen LogP contribution < -0.4 is 10.6 Å². The zero-order chi connectivity index (χ0) is 18.0. The van der Waals surface area contributed by atoms with Crippen LogP contribution in [0.5, 0.6) is 0 Å². The van der Waals surface area contributed by atoms with Crippen molar-refractivity contribution in [2.45, 2.75) is 32.9 Å². The van der Waals surface area contributed by atoms with Crippen molar-refractivity contribution in [1.29, 1.82) is 0 Å². The van der Waals surface area contributed by atoms with Gasteiger partial charge in [0, 0.05) is 0 Å². The van der Waals surface area contributed by atoms with Crippen molar-refractivity contribution in [3.63, 3.8) is 0 Å². The molecule has 132 valence electrons. The standard InChI is InChI=1S/C17H20N4O3S/c1-10-12-14(18-7-11-5-4-6-24-11)19-9-20-16(12)25-13(10)15(23)21-17(2,3)8-22/h4-6,9,22H,7-8H2,1-3H3,(H,21,23)(H,18,19,20). The van der Waals surface area contributed by atoms with Crippen LogP contribution in [0.3, 0.4) is 0 Å². The maximum absolute atomic E-state index is 12.6. The van der Waals surface area contributed by atoms with E-state index in [0.29, 0.717) is 17.2 Å². The van der Waals surface area contributed by atoms with E-state index in [4.69, 9.17) is 4.42 Å². The molecule has 0 aliphatic carbocycles. The van der Waals surface area contributed by atoms with Crippen molar-refractivity contribution in [3.8, 4) is 0 Å². The molecule has 7 nitrogen and oxygen atoms in total. The first-order chi connectivity index (χ1) is 11.9. The lowest BCUT2D eigenvalue weighted by atomic mass is 10.1. The van der Waals surface area contributed by atoms with E-state index >= 15 is 0 Å². The number of furan rings is 1. The Morgan fingerprint density at radius 1 is 1.40 bits per heavy atom. The van der Waals surface area contributed by atoms with E-state index in [-0.39, 0.29) is 12.5 Å². The van der Waals surface area contributed by atoms with Gasteiger partial charge in [-0.25, -0.2) is 9.97 Å². The molecule has 25 heavy (non-hydrogen) atoms. The van der Waals surface area contributed by atoms with Crippen molar-refractivity contribution >= 4 is 33.3 Å². The molecular weight excluding hydrogens is 340 g/mol. The molecule has 0 fully saturated rings. The number of hydrogen-bond donors (Lipinski definition) is 3. The Morgan fingerprint density at radius 3 is 2.88 bits per heavy atom. The number of fused-ring (bicyclic) bond motifs is 1. The van der Waals surface area contributed by atoms with Gasteiger partial charge in [-0.15, -0.1) is 11.3 Å². The van der Waals surface area contributed by atoms with E-state index in [1.165, 1.54) is 17.7 Å². The van der Waals surface area contributed by atoms with Gasteiger partial charge >= 0.3 is 0 Å². The molecule has 0 atom stereocenters. The molecule has 0 unspecified atom stereocenters. The SMILES string of the molecule is Cc1c(C(=O)NC(C)(C)CO)sc2ncnc(NCc3ccco3)c12. The molecule has 0 aliphatic heterocycles. The van der Waals surface area contributed by atoms with Crippen molar-refractivity contribution in [2.24, 2.45) is 0 Å². The van der Waals surface area contributed by atoms with E-state index in [2.05, 4.69) is 20.6 Å². The number of hydrogen-bond acceptors (Lipinski definition) is 7. The summed E-state index contributed by atoms with van der Waals surface area (Å²) in [6.45, 7) is 5.76. The predicted octanol–water partition coefficient (Wildman–Crippen LogP) is 2.71. The molecule has 3 N–H and O–H groups in total. The average molecular weight is 360 g/mol. The summed E-state index contributed by atoms with van der Waals surface area (Å²) in [5.41, 5.74) is 0.125. The van der Waals surface area contributed by atoms with Crippen LogP contribution in [-0.4, -0.2) is 33.1 Å². The monoisotopic (exact) mass is 360 g/mol. The molecule has 0 radical (unpaired) electrons. The molecule has 3 aromatic heterocycles. The molecule has 1 amide bonds. The third kappa shape index (κ3) is 3.64. The molecule has 3 aromatic rings. The number of amides is 1. The number of thiophene rings is 1. The summed E-state index contributed by atoms with van der Waals surface area (Å²) < 4.78 is 5.32. The summed E-state index contributed by atoms with van der Waals surface area (Å²) in [5.74, 6) is 1.23. The number of aromatic nitrogens is 2. The summed E-state index contributed by atoms with van der Waals surface area (Å²) in [4.78, 5) is 22.5. The summed E-state index contributed by atoms with van der Waals surface area (Å²) in [6.07, 6.45) is 3.09. The zero-order valence-electron chi connectivity index (χ0n) is 14.3. The molecule has 0 saturated heterocycles. The number of aliphatic hydroxyl groups is 1. The van der Waals surface area contributed by atoms with Gasteiger partial charge in [0.1, 0.15) is 22.7 Å². The molecule has 3 rings (SSSR count). The van der Waals surface area contributed by atoms with Crippen LogP contribution >= 0.6 is 11.3 Å². The van der Waals surface area contributed by atoms with Crippen LogP contribution in [0.25, 0.3) is 10.2 Å². The third-order valence-corrected chi connectivity index (χ3v) is 4.99. The molecule has 0 aromatic carbocycles. The smallest absolute Gasteiger partial charge is 0.262 e. The summed E-state index contributed by atoms with van der Waals surface area (Å²) >= 11 is 1.31. The van der Waals surface area contributed by atoms with E-state index in [0.717, 1.165) is 21.5 Å². The topological polar surface area (TPSA) is 100 Å². The van der Waals surface area contributed by atoms with Crippen LogP contribution in [0.1, 0.15) is 34.8 Å². The van der Waals surface area contributed by atoms with Gasteiger partial charge in [-0.05, 0) is 38.5 Å². The molecule has 0 saturated carbocycles. The Labute approximate surface area is 149 Å². The van der Waals surface area contributed by atoms with E-state index in [1.807, 2.05) is 19.1 Å². The minimum absolute atomic E-state index is 0.140. The first kappa shape index (κ1) is 17.4. The lowest BCUT2D eigenvalue weighted by Gasteiger charge is -2.23. The van der Waals surface area contributed by atoms with Gasteiger partial charge in [-0.1, -0.05) is 0 Å². The minimum atomic E-state index is -0.689. The third-order valence-electron chi connectivity index (χ3n) is 3.79. The Morgan fingerprint density at radius 2 is 2.20 bits per heavy atom. The van der Waals surface area contributed by atoms with Gasteiger partial charge in [0.25, 0.3) is 5.91 Å². The number of carbonyl (C=O) groups is 1. The molecule has 0 aliphatic rings.